The van der Waals surface area contributed by atoms with Crippen LogP contribution in [0.25, 0.3) is 11.0 Å². The third-order valence-electron chi connectivity index (χ3n) is 3.90. The van der Waals surface area contributed by atoms with Gasteiger partial charge in [-0.1, -0.05) is 0 Å². The lowest BCUT2D eigenvalue weighted by Gasteiger charge is -2.13. The summed E-state index contributed by atoms with van der Waals surface area (Å²) in [5.41, 5.74) is 2.91. The molecule has 5 heteroatoms. The van der Waals surface area contributed by atoms with Crippen molar-refractivity contribution in [2.75, 3.05) is 0 Å². The summed E-state index contributed by atoms with van der Waals surface area (Å²) in [4.78, 5) is 16.9. The summed E-state index contributed by atoms with van der Waals surface area (Å²) in [6.07, 6.45) is 2.30. The smallest absolute Gasteiger partial charge is 0.339 e. The van der Waals surface area contributed by atoms with Crippen LogP contribution in [0.4, 0.5) is 0 Å². The van der Waals surface area contributed by atoms with E-state index in [0.717, 1.165) is 35.3 Å². The lowest BCUT2D eigenvalue weighted by atomic mass is 10.1. The maximum atomic E-state index is 12.4. The minimum Gasteiger partial charge on any atom is -0.459 e. The number of carbonyl (C=O) groups excluding carboxylic acids is 1. The van der Waals surface area contributed by atoms with Crippen molar-refractivity contribution >= 4 is 17.0 Å². The normalized spacial score (nSPS) is 16.4. The van der Waals surface area contributed by atoms with E-state index in [4.69, 9.17) is 4.74 Å². The monoisotopic (exact) mass is 273 g/mol. The number of rotatable bonds is 3. The second-order valence-corrected chi connectivity index (χ2v) is 5.67. The first-order valence-electron chi connectivity index (χ1n) is 6.99. The van der Waals surface area contributed by atoms with Crippen LogP contribution in [0.15, 0.2) is 6.07 Å². The molecule has 0 aliphatic heterocycles. The van der Waals surface area contributed by atoms with Crippen molar-refractivity contribution in [3.8, 4) is 0 Å². The fraction of sp³-hybridized carbons (Fsp3) is 0.533. The van der Waals surface area contributed by atoms with Crippen LogP contribution in [-0.2, 0) is 11.8 Å². The van der Waals surface area contributed by atoms with E-state index in [1.165, 1.54) is 0 Å². The molecular formula is C15H19N3O2. The van der Waals surface area contributed by atoms with Crippen molar-refractivity contribution in [3.63, 3.8) is 0 Å². The summed E-state index contributed by atoms with van der Waals surface area (Å²) in [5, 5.41) is 5.14. The Bertz CT molecular complexity index is 686. The van der Waals surface area contributed by atoms with Gasteiger partial charge in [-0.25, -0.2) is 9.78 Å². The number of hydrogen-bond acceptors (Lipinski definition) is 4. The Kier molecular flexibility index (Phi) is 3.00. The number of carbonyl (C=O) groups is 1. The summed E-state index contributed by atoms with van der Waals surface area (Å²) < 4.78 is 7.29. The summed E-state index contributed by atoms with van der Waals surface area (Å²) in [7, 11) is 1.84. The summed E-state index contributed by atoms with van der Waals surface area (Å²) >= 11 is 0. The fourth-order valence-electron chi connectivity index (χ4n) is 2.63. The number of aromatic nitrogens is 3. The van der Waals surface area contributed by atoms with Gasteiger partial charge in [-0.15, -0.1) is 0 Å². The molecule has 2 aromatic rings. The average Bonchev–Trinajstić information content (AvgIpc) is 3.17. The van der Waals surface area contributed by atoms with E-state index >= 15 is 0 Å². The summed E-state index contributed by atoms with van der Waals surface area (Å²) in [6.45, 7) is 5.74. The molecule has 0 N–H and O–H groups in total. The zero-order valence-corrected chi connectivity index (χ0v) is 12.3. The van der Waals surface area contributed by atoms with Gasteiger partial charge in [0, 0.05) is 12.7 Å². The quantitative estimate of drug-likeness (QED) is 0.806. The zero-order chi connectivity index (χ0) is 14.4. The highest BCUT2D eigenvalue weighted by molar-refractivity contribution is 6.03. The van der Waals surface area contributed by atoms with Gasteiger partial charge in [0.15, 0.2) is 5.65 Å². The Labute approximate surface area is 117 Å². The molecule has 5 nitrogen and oxygen atoms in total. The third kappa shape index (κ3) is 2.17. The molecule has 0 spiro atoms. The van der Waals surface area contributed by atoms with Gasteiger partial charge in [0.2, 0.25) is 0 Å². The summed E-state index contributed by atoms with van der Waals surface area (Å²) in [6, 6.07) is 1.79. The predicted octanol–water partition coefficient (Wildman–Crippen LogP) is 2.54. The highest BCUT2D eigenvalue weighted by Gasteiger charge is 2.31. The van der Waals surface area contributed by atoms with Gasteiger partial charge in [-0.2, -0.15) is 5.10 Å². The van der Waals surface area contributed by atoms with Crippen LogP contribution in [0.1, 0.15) is 41.5 Å². The zero-order valence-electron chi connectivity index (χ0n) is 12.3. The van der Waals surface area contributed by atoms with Crippen LogP contribution in [0.5, 0.6) is 0 Å². The number of aryl methyl sites for hydroxylation is 3. The molecule has 1 aliphatic rings. The van der Waals surface area contributed by atoms with Crippen LogP contribution in [0, 0.1) is 19.8 Å². The molecule has 1 fully saturated rings. The number of ether oxygens (including phenoxy) is 1. The van der Waals surface area contributed by atoms with Gasteiger partial charge in [0.05, 0.1) is 16.6 Å². The van der Waals surface area contributed by atoms with E-state index in [9.17, 15) is 4.79 Å². The molecule has 0 amide bonds. The minimum atomic E-state index is -0.268. The Morgan fingerprint density at radius 3 is 2.80 bits per heavy atom. The van der Waals surface area contributed by atoms with Crippen LogP contribution in [0.2, 0.25) is 0 Å². The van der Waals surface area contributed by atoms with Crippen molar-refractivity contribution < 1.29 is 9.53 Å². The summed E-state index contributed by atoms with van der Waals surface area (Å²) in [5.74, 6) is 0.267. The van der Waals surface area contributed by atoms with Gasteiger partial charge in [-0.3, -0.25) is 4.68 Å². The molecule has 0 aromatic carbocycles. The van der Waals surface area contributed by atoms with Gasteiger partial charge < -0.3 is 4.74 Å². The van der Waals surface area contributed by atoms with Crippen LogP contribution < -0.4 is 0 Å². The van der Waals surface area contributed by atoms with E-state index in [2.05, 4.69) is 10.1 Å². The lowest BCUT2D eigenvalue weighted by Crippen LogP contribution is -2.17. The van der Waals surface area contributed by atoms with Crippen LogP contribution >= 0.6 is 0 Å². The molecule has 106 valence electrons. The van der Waals surface area contributed by atoms with Gasteiger partial charge in [-0.05, 0) is 45.6 Å². The molecule has 20 heavy (non-hydrogen) atoms. The Morgan fingerprint density at radius 1 is 1.45 bits per heavy atom. The van der Waals surface area contributed by atoms with E-state index in [-0.39, 0.29) is 12.1 Å². The molecule has 2 heterocycles. The van der Waals surface area contributed by atoms with Crippen molar-refractivity contribution in [2.24, 2.45) is 13.0 Å². The first kappa shape index (κ1) is 13.1. The Morgan fingerprint density at radius 2 is 2.15 bits per heavy atom. The standard InChI is InChI=1S/C15H19N3O2/c1-8-7-12(15(19)20-10(3)11-5-6-11)13-9(2)17-18(4)14(13)16-8/h7,10-11H,5-6H2,1-4H3/t10-/m0/s1. The highest BCUT2D eigenvalue weighted by Crippen LogP contribution is 2.34. The lowest BCUT2D eigenvalue weighted by molar-refractivity contribution is 0.0297. The number of nitrogens with zero attached hydrogens (tertiary/aromatic N) is 3. The minimum absolute atomic E-state index is 0.0111. The van der Waals surface area contributed by atoms with Crippen molar-refractivity contribution in [2.45, 2.75) is 39.7 Å². The molecule has 3 rings (SSSR count). The van der Waals surface area contributed by atoms with E-state index < -0.39 is 0 Å². The second-order valence-electron chi connectivity index (χ2n) is 5.67. The number of hydrogen-bond donors (Lipinski definition) is 0. The SMILES string of the molecule is Cc1cc(C(=O)O[C@@H](C)C2CC2)c2c(C)nn(C)c2n1. The molecule has 0 radical (unpaired) electrons. The maximum Gasteiger partial charge on any atom is 0.339 e. The third-order valence-corrected chi connectivity index (χ3v) is 3.90. The first-order valence-corrected chi connectivity index (χ1v) is 6.99. The van der Waals surface area contributed by atoms with Crippen LogP contribution in [-0.4, -0.2) is 26.8 Å². The largest absolute Gasteiger partial charge is 0.459 e. The Balaban J connectivity index is 2.03. The maximum absolute atomic E-state index is 12.4. The number of fused-ring (bicyclic) bond motifs is 1. The van der Waals surface area contributed by atoms with E-state index in [0.29, 0.717) is 11.5 Å². The van der Waals surface area contributed by atoms with Gasteiger partial charge in [0.25, 0.3) is 0 Å². The molecule has 0 saturated heterocycles. The molecule has 2 aromatic heterocycles. The molecule has 1 saturated carbocycles. The predicted molar refractivity (Wildman–Crippen MR) is 75.6 cm³/mol. The molecular weight excluding hydrogens is 254 g/mol. The Hall–Kier alpha value is -1.91. The van der Waals surface area contributed by atoms with Gasteiger partial charge in [0.1, 0.15) is 6.10 Å². The van der Waals surface area contributed by atoms with Crippen molar-refractivity contribution in [1.29, 1.82) is 0 Å². The topological polar surface area (TPSA) is 57.0 Å². The fourth-order valence-corrected chi connectivity index (χ4v) is 2.63. The van der Waals surface area contributed by atoms with Gasteiger partial charge >= 0.3 is 5.97 Å². The average molecular weight is 273 g/mol. The van der Waals surface area contributed by atoms with E-state index in [1.807, 2.05) is 27.8 Å². The number of pyridine rings is 1. The second kappa shape index (κ2) is 4.58. The molecule has 1 atom stereocenters. The number of esters is 1. The molecule has 0 unspecified atom stereocenters. The van der Waals surface area contributed by atoms with E-state index in [1.54, 1.807) is 10.7 Å². The molecule has 0 bridgehead atoms. The first-order chi connectivity index (χ1) is 9.47. The van der Waals surface area contributed by atoms with Crippen LogP contribution in [0.3, 0.4) is 0 Å². The highest BCUT2D eigenvalue weighted by atomic mass is 16.5. The molecule has 1 aliphatic carbocycles. The van der Waals surface area contributed by atoms with Crippen molar-refractivity contribution in [1.82, 2.24) is 14.8 Å². The van der Waals surface area contributed by atoms with Crippen molar-refractivity contribution in [3.05, 3.63) is 23.0 Å².